The van der Waals surface area contributed by atoms with Crippen molar-refractivity contribution in [3.8, 4) is 0 Å². The molecule has 1 aliphatic heterocycles. The first-order chi connectivity index (χ1) is 10.6. The summed E-state index contributed by atoms with van der Waals surface area (Å²) < 4.78 is 0. The maximum Gasteiger partial charge on any atom is 0.131 e. The maximum atomic E-state index is 5.71. The number of nitrogen functional groups attached to an aromatic ring is 1. The standard InChI is InChI=1S/C10H10N2.C9H11N/c1-7-2-3-8-4-5-12-10(11)9(8)6-7;1-7-2-3-8-4-5-10-9(8)6-7/h2-6H,1H3,(H2,11,12);2-3,6,10H,4-5H2,1H3. The molecule has 0 bridgehead atoms. The summed E-state index contributed by atoms with van der Waals surface area (Å²) in [4.78, 5) is 4.03. The average molecular weight is 291 g/mol. The van der Waals surface area contributed by atoms with Crippen LogP contribution in [0.5, 0.6) is 0 Å². The first-order valence-corrected chi connectivity index (χ1v) is 7.58. The van der Waals surface area contributed by atoms with E-state index in [2.05, 4.69) is 53.6 Å². The second kappa shape index (κ2) is 6.06. The number of hydrogen-bond acceptors (Lipinski definition) is 3. The molecular weight excluding hydrogens is 270 g/mol. The highest BCUT2D eigenvalue weighted by molar-refractivity contribution is 5.91. The van der Waals surface area contributed by atoms with Crippen molar-refractivity contribution in [3.63, 3.8) is 0 Å². The van der Waals surface area contributed by atoms with E-state index in [-0.39, 0.29) is 0 Å². The third kappa shape index (κ3) is 3.03. The number of anilines is 2. The number of nitrogens with zero attached hydrogens (tertiary/aromatic N) is 1. The number of nitrogens with one attached hydrogen (secondary N) is 1. The zero-order valence-corrected chi connectivity index (χ0v) is 13.1. The molecule has 2 aromatic carbocycles. The van der Waals surface area contributed by atoms with Gasteiger partial charge in [-0.25, -0.2) is 4.98 Å². The highest BCUT2D eigenvalue weighted by Gasteiger charge is 2.07. The number of aromatic nitrogens is 1. The zero-order valence-electron chi connectivity index (χ0n) is 13.1. The number of pyridine rings is 1. The topological polar surface area (TPSA) is 50.9 Å². The summed E-state index contributed by atoms with van der Waals surface area (Å²) in [5, 5.41) is 5.53. The van der Waals surface area contributed by atoms with Crippen LogP contribution in [0, 0.1) is 13.8 Å². The lowest BCUT2D eigenvalue weighted by Crippen LogP contribution is -1.90. The number of nitrogens with two attached hydrogens (primary N) is 1. The van der Waals surface area contributed by atoms with Gasteiger partial charge in [0.15, 0.2) is 0 Å². The van der Waals surface area contributed by atoms with Crippen molar-refractivity contribution in [2.24, 2.45) is 0 Å². The van der Waals surface area contributed by atoms with Crippen LogP contribution in [0.4, 0.5) is 11.5 Å². The third-order valence-corrected chi connectivity index (χ3v) is 3.93. The Morgan fingerprint density at radius 2 is 1.77 bits per heavy atom. The first-order valence-electron chi connectivity index (χ1n) is 7.58. The van der Waals surface area contributed by atoms with E-state index in [0.717, 1.165) is 17.3 Å². The smallest absolute Gasteiger partial charge is 0.131 e. The molecule has 0 saturated carbocycles. The Kier molecular flexibility index (Phi) is 3.96. The predicted molar refractivity (Wildman–Crippen MR) is 94.3 cm³/mol. The van der Waals surface area contributed by atoms with Crippen molar-refractivity contribution in [1.82, 2.24) is 4.98 Å². The zero-order chi connectivity index (χ0) is 15.5. The average Bonchev–Trinajstić information content (AvgIpc) is 2.96. The second-order valence-electron chi connectivity index (χ2n) is 5.76. The monoisotopic (exact) mass is 291 g/mol. The molecule has 0 unspecified atom stereocenters. The molecule has 112 valence electrons. The van der Waals surface area contributed by atoms with Crippen LogP contribution in [-0.2, 0) is 6.42 Å². The van der Waals surface area contributed by atoms with Crippen LogP contribution in [0.3, 0.4) is 0 Å². The molecule has 3 N–H and O–H groups in total. The summed E-state index contributed by atoms with van der Waals surface area (Å²) >= 11 is 0. The Morgan fingerprint density at radius 1 is 1.00 bits per heavy atom. The lowest BCUT2D eigenvalue weighted by atomic mass is 10.1. The van der Waals surface area contributed by atoms with E-state index in [1.165, 1.54) is 28.8 Å². The molecule has 3 heteroatoms. The quantitative estimate of drug-likeness (QED) is 0.656. The van der Waals surface area contributed by atoms with Crippen molar-refractivity contribution in [2.75, 3.05) is 17.6 Å². The minimum atomic E-state index is 0.608. The van der Waals surface area contributed by atoms with Gasteiger partial charge in [0, 0.05) is 23.8 Å². The molecule has 22 heavy (non-hydrogen) atoms. The Morgan fingerprint density at radius 3 is 2.64 bits per heavy atom. The van der Waals surface area contributed by atoms with Crippen molar-refractivity contribution in [3.05, 3.63) is 65.4 Å². The minimum absolute atomic E-state index is 0.608. The molecule has 0 amide bonds. The van der Waals surface area contributed by atoms with Crippen molar-refractivity contribution in [1.29, 1.82) is 0 Å². The second-order valence-corrected chi connectivity index (χ2v) is 5.76. The van der Waals surface area contributed by atoms with Crippen molar-refractivity contribution >= 4 is 22.3 Å². The van der Waals surface area contributed by atoms with E-state index in [9.17, 15) is 0 Å². The first kappa shape index (κ1) is 14.4. The minimum Gasteiger partial charge on any atom is -0.384 e. The van der Waals surface area contributed by atoms with Crippen LogP contribution < -0.4 is 11.1 Å². The van der Waals surface area contributed by atoms with Crippen LogP contribution in [-0.4, -0.2) is 11.5 Å². The molecule has 0 atom stereocenters. The molecule has 1 aromatic heterocycles. The SMILES string of the molecule is Cc1ccc2c(c1)NCC2.Cc1ccc2ccnc(N)c2c1. The van der Waals surface area contributed by atoms with Crippen LogP contribution >= 0.6 is 0 Å². The largest absolute Gasteiger partial charge is 0.384 e. The highest BCUT2D eigenvalue weighted by atomic mass is 14.9. The normalized spacial score (nSPS) is 12.3. The molecule has 0 spiro atoms. The molecule has 3 aromatic rings. The van der Waals surface area contributed by atoms with Gasteiger partial charge in [0.05, 0.1) is 0 Å². The van der Waals surface area contributed by atoms with Gasteiger partial charge in [-0.05, 0) is 55.0 Å². The van der Waals surface area contributed by atoms with Gasteiger partial charge in [-0.1, -0.05) is 29.8 Å². The maximum absolute atomic E-state index is 5.71. The van der Waals surface area contributed by atoms with Crippen LogP contribution in [0.25, 0.3) is 10.8 Å². The summed E-state index contributed by atoms with van der Waals surface area (Å²) in [6.07, 6.45) is 2.92. The molecule has 0 aliphatic carbocycles. The molecule has 0 fully saturated rings. The van der Waals surface area contributed by atoms with Crippen LogP contribution in [0.1, 0.15) is 16.7 Å². The van der Waals surface area contributed by atoms with E-state index in [4.69, 9.17) is 5.73 Å². The molecule has 3 nitrogen and oxygen atoms in total. The fourth-order valence-electron chi connectivity index (χ4n) is 2.71. The number of aryl methyl sites for hydroxylation is 2. The van der Waals surface area contributed by atoms with Gasteiger partial charge in [-0.15, -0.1) is 0 Å². The molecule has 1 aliphatic rings. The van der Waals surface area contributed by atoms with Gasteiger partial charge in [-0.2, -0.15) is 0 Å². The van der Waals surface area contributed by atoms with E-state index >= 15 is 0 Å². The van der Waals surface area contributed by atoms with Gasteiger partial charge in [-0.3, -0.25) is 0 Å². The van der Waals surface area contributed by atoms with Gasteiger partial charge in [0.2, 0.25) is 0 Å². The highest BCUT2D eigenvalue weighted by Crippen LogP contribution is 2.22. The fourth-order valence-corrected chi connectivity index (χ4v) is 2.71. The molecule has 0 radical (unpaired) electrons. The molecule has 2 heterocycles. The summed E-state index contributed by atoms with van der Waals surface area (Å²) in [6, 6.07) is 14.7. The fraction of sp³-hybridized carbons (Fsp3) is 0.211. The van der Waals surface area contributed by atoms with E-state index in [1.807, 2.05) is 13.0 Å². The molecular formula is C19H21N3. The van der Waals surface area contributed by atoms with Crippen LogP contribution in [0.15, 0.2) is 48.7 Å². The predicted octanol–water partition coefficient (Wildman–Crippen LogP) is 4.09. The summed E-state index contributed by atoms with van der Waals surface area (Å²) in [5.74, 6) is 0.608. The number of rotatable bonds is 0. The van der Waals surface area contributed by atoms with Gasteiger partial charge >= 0.3 is 0 Å². The summed E-state index contributed by atoms with van der Waals surface area (Å²) in [5.41, 5.74) is 11.1. The lowest BCUT2D eigenvalue weighted by molar-refractivity contribution is 1.11. The Hall–Kier alpha value is -2.55. The van der Waals surface area contributed by atoms with Crippen molar-refractivity contribution < 1.29 is 0 Å². The Balaban J connectivity index is 0.000000133. The molecule has 4 rings (SSSR count). The third-order valence-electron chi connectivity index (χ3n) is 3.93. The van der Waals surface area contributed by atoms with E-state index in [1.54, 1.807) is 6.20 Å². The van der Waals surface area contributed by atoms with Crippen molar-refractivity contribution in [2.45, 2.75) is 20.3 Å². The summed E-state index contributed by atoms with van der Waals surface area (Å²) in [7, 11) is 0. The van der Waals surface area contributed by atoms with E-state index in [0.29, 0.717) is 5.82 Å². The van der Waals surface area contributed by atoms with E-state index < -0.39 is 0 Å². The number of fused-ring (bicyclic) bond motifs is 2. The van der Waals surface area contributed by atoms with Crippen LogP contribution in [0.2, 0.25) is 0 Å². The Labute approximate surface area is 131 Å². The van der Waals surface area contributed by atoms with Gasteiger partial charge in [0.1, 0.15) is 5.82 Å². The Bertz CT molecular complexity index is 809. The number of hydrogen-bond donors (Lipinski definition) is 2. The van der Waals surface area contributed by atoms with Gasteiger partial charge in [0.25, 0.3) is 0 Å². The molecule has 0 saturated heterocycles. The lowest BCUT2D eigenvalue weighted by Gasteiger charge is -2.00. The number of benzene rings is 2. The van der Waals surface area contributed by atoms with Gasteiger partial charge < -0.3 is 11.1 Å². The summed E-state index contributed by atoms with van der Waals surface area (Å²) in [6.45, 7) is 5.28.